The van der Waals surface area contributed by atoms with E-state index in [9.17, 15) is 0 Å². The molecule has 2 rings (SSSR count). The van der Waals surface area contributed by atoms with Crippen LogP contribution in [0.3, 0.4) is 0 Å². The minimum atomic E-state index is 0.259. The highest BCUT2D eigenvalue weighted by atomic mass is 14.7. The number of nitrogens with two attached hydrogens (primary N) is 1. The van der Waals surface area contributed by atoms with Crippen LogP contribution in [0.4, 0.5) is 0 Å². The van der Waals surface area contributed by atoms with Crippen molar-refractivity contribution in [2.24, 2.45) is 17.1 Å². The van der Waals surface area contributed by atoms with Crippen molar-refractivity contribution >= 4 is 0 Å². The van der Waals surface area contributed by atoms with Gasteiger partial charge in [-0.25, -0.2) is 0 Å². The monoisotopic (exact) mass is 232 g/mol. The van der Waals surface area contributed by atoms with Crippen LogP contribution in [0.5, 0.6) is 0 Å². The summed E-state index contributed by atoms with van der Waals surface area (Å²) in [5.74, 6) is 1.06. The average molecular weight is 232 g/mol. The minimum Gasteiger partial charge on any atom is -0.327 e. The highest BCUT2D eigenvalue weighted by molar-refractivity contribution is 5.18. The lowest BCUT2D eigenvalue weighted by atomic mass is 9.73. The molecule has 0 aromatic carbocycles. The van der Waals surface area contributed by atoms with Gasteiger partial charge in [0.05, 0.1) is 0 Å². The van der Waals surface area contributed by atoms with Crippen LogP contribution in [0, 0.1) is 11.3 Å². The fourth-order valence-corrected chi connectivity index (χ4v) is 3.30. The van der Waals surface area contributed by atoms with Gasteiger partial charge in [0.25, 0.3) is 0 Å². The first-order valence-electron chi connectivity index (χ1n) is 6.68. The molecule has 2 nitrogen and oxygen atoms in total. The third-order valence-corrected chi connectivity index (χ3v) is 4.61. The molecule has 3 atom stereocenters. The molecule has 94 valence electrons. The summed E-state index contributed by atoms with van der Waals surface area (Å²) in [6.07, 6.45) is 7.64. The Morgan fingerprint density at radius 1 is 1.35 bits per heavy atom. The standard InChI is InChI=1S/C15H24N2/c1-11(12-6-9-17-10-7-12)14(16)13-5-4-8-15(13,2)3/h6-7,9-11,13-14H,4-5,8,16H2,1-3H3. The molecule has 1 aliphatic carbocycles. The maximum Gasteiger partial charge on any atom is 0.0270 e. The van der Waals surface area contributed by atoms with E-state index in [1.54, 1.807) is 0 Å². The quantitative estimate of drug-likeness (QED) is 0.868. The summed E-state index contributed by atoms with van der Waals surface area (Å²) in [7, 11) is 0. The van der Waals surface area contributed by atoms with E-state index in [1.165, 1.54) is 24.8 Å². The van der Waals surface area contributed by atoms with Crippen LogP contribution >= 0.6 is 0 Å². The van der Waals surface area contributed by atoms with Crippen LogP contribution in [0.15, 0.2) is 24.5 Å². The summed E-state index contributed by atoms with van der Waals surface area (Å²) in [5.41, 5.74) is 8.23. The molecule has 2 heteroatoms. The van der Waals surface area contributed by atoms with Gasteiger partial charge in [0.2, 0.25) is 0 Å². The maximum atomic E-state index is 6.51. The van der Waals surface area contributed by atoms with E-state index in [1.807, 2.05) is 12.4 Å². The van der Waals surface area contributed by atoms with Gasteiger partial charge >= 0.3 is 0 Å². The van der Waals surface area contributed by atoms with E-state index >= 15 is 0 Å². The van der Waals surface area contributed by atoms with Gasteiger partial charge in [-0.05, 0) is 47.8 Å². The average Bonchev–Trinajstić information content (AvgIpc) is 2.68. The van der Waals surface area contributed by atoms with E-state index in [0.717, 1.165) is 0 Å². The van der Waals surface area contributed by atoms with Gasteiger partial charge in [-0.1, -0.05) is 27.2 Å². The van der Waals surface area contributed by atoms with Crippen molar-refractivity contribution in [3.63, 3.8) is 0 Å². The molecule has 17 heavy (non-hydrogen) atoms. The van der Waals surface area contributed by atoms with E-state index in [0.29, 0.717) is 17.3 Å². The van der Waals surface area contributed by atoms with Crippen molar-refractivity contribution in [2.45, 2.75) is 52.0 Å². The lowest BCUT2D eigenvalue weighted by molar-refractivity contribution is 0.206. The largest absolute Gasteiger partial charge is 0.327 e. The number of pyridine rings is 1. The summed E-state index contributed by atoms with van der Waals surface area (Å²) in [4.78, 5) is 4.07. The zero-order chi connectivity index (χ0) is 12.5. The first kappa shape index (κ1) is 12.6. The third-order valence-electron chi connectivity index (χ3n) is 4.61. The van der Waals surface area contributed by atoms with Crippen LogP contribution in [0.2, 0.25) is 0 Å². The molecule has 0 radical (unpaired) electrons. The Labute approximate surface area is 105 Å². The van der Waals surface area contributed by atoms with Gasteiger partial charge in [-0.2, -0.15) is 0 Å². The topological polar surface area (TPSA) is 38.9 Å². The maximum absolute atomic E-state index is 6.51. The Balaban J connectivity index is 2.12. The first-order valence-corrected chi connectivity index (χ1v) is 6.68. The Kier molecular flexibility index (Phi) is 3.53. The molecule has 0 aliphatic heterocycles. The molecular formula is C15H24N2. The SMILES string of the molecule is CC(c1ccncc1)C(N)C1CCCC1(C)C. The minimum absolute atomic E-state index is 0.259. The zero-order valence-corrected chi connectivity index (χ0v) is 11.2. The van der Waals surface area contributed by atoms with Crippen LogP contribution in [-0.4, -0.2) is 11.0 Å². The Hall–Kier alpha value is -0.890. The smallest absolute Gasteiger partial charge is 0.0270 e. The molecule has 3 unspecified atom stereocenters. The zero-order valence-electron chi connectivity index (χ0n) is 11.2. The van der Waals surface area contributed by atoms with Gasteiger partial charge in [0.15, 0.2) is 0 Å². The number of nitrogens with zero attached hydrogens (tertiary/aromatic N) is 1. The number of rotatable bonds is 3. The molecule has 1 saturated carbocycles. The second-order valence-electron chi connectivity index (χ2n) is 6.13. The molecule has 0 bridgehead atoms. The molecule has 1 heterocycles. The van der Waals surface area contributed by atoms with Crippen molar-refractivity contribution in [2.75, 3.05) is 0 Å². The molecule has 1 aromatic rings. The summed E-state index contributed by atoms with van der Waals surface area (Å²) in [6.45, 7) is 6.97. The molecule has 0 spiro atoms. The van der Waals surface area contributed by atoms with E-state index in [2.05, 4.69) is 37.9 Å². The van der Waals surface area contributed by atoms with Crippen LogP contribution in [-0.2, 0) is 0 Å². The molecular weight excluding hydrogens is 208 g/mol. The number of aromatic nitrogens is 1. The molecule has 0 saturated heterocycles. The summed E-state index contributed by atoms with van der Waals surface area (Å²) < 4.78 is 0. The third kappa shape index (κ3) is 2.52. The fraction of sp³-hybridized carbons (Fsp3) is 0.667. The summed E-state index contributed by atoms with van der Waals surface area (Å²) >= 11 is 0. The Morgan fingerprint density at radius 3 is 2.53 bits per heavy atom. The lowest BCUT2D eigenvalue weighted by Gasteiger charge is -2.35. The second-order valence-corrected chi connectivity index (χ2v) is 6.13. The van der Waals surface area contributed by atoms with Crippen molar-refractivity contribution < 1.29 is 0 Å². The summed E-state index contributed by atoms with van der Waals surface area (Å²) in [6, 6.07) is 4.44. The molecule has 0 amide bonds. The Bertz CT molecular complexity index is 358. The van der Waals surface area contributed by atoms with Gasteiger partial charge < -0.3 is 5.73 Å². The van der Waals surface area contributed by atoms with Crippen molar-refractivity contribution in [1.29, 1.82) is 0 Å². The van der Waals surface area contributed by atoms with Crippen LogP contribution in [0.25, 0.3) is 0 Å². The molecule has 2 N–H and O–H groups in total. The Morgan fingerprint density at radius 2 is 2.00 bits per heavy atom. The highest BCUT2D eigenvalue weighted by Gasteiger charge is 2.39. The van der Waals surface area contributed by atoms with Gasteiger partial charge in [0.1, 0.15) is 0 Å². The second kappa shape index (κ2) is 4.77. The fourth-order valence-electron chi connectivity index (χ4n) is 3.30. The number of hydrogen-bond acceptors (Lipinski definition) is 2. The number of hydrogen-bond donors (Lipinski definition) is 1. The van der Waals surface area contributed by atoms with Crippen LogP contribution < -0.4 is 5.73 Å². The van der Waals surface area contributed by atoms with E-state index < -0.39 is 0 Å². The van der Waals surface area contributed by atoms with E-state index in [4.69, 9.17) is 5.73 Å². The molecule has 1 aliphatic rings. The van der Waals surface area contributed by atoms with Crippen molar-refractivity contribution in [1.82, 2.24) is 4.98 Å². The summed E-state index contributed by atoms with van der Waals surface area (Å²) in [5, 5.41) is 0. The normalized spacial score (nSPS) is 26.7. The predicted molar refractivity (Wildman–Crippen MR) is 71.7 cm³/mol. The van der Waals surface area contributed by atoms with Gasteiger partial charge in [-0.3, -0.25) is 4.98 Å². The molecule has 1 aromatic heterocycles. The van der Waals surface area contributed by atoms with Crippen molar-refractivity contribution in [3.8, 4) is 0 Å². The van der Waals surface area contributed by atoms with E-state index in [-0.39, 0.29) is 6.04 Å². The highest BCUT2D eigenvalue weighted by Crippen LogP contribution is 2.46. The van der Waals surface area contributed by atoms with Gasteiger partial charge in [-0.15, -0.1) is 0 Å². The van der Waals surface area contributed by atoms with Gasteiger partial charge in [0, 0.05) is 18.4 Å². The van der Waals surface area contributed by atoms with Crippen molar-refractivity contribution in [3.05, 3.63) is 30.1 Å². The lowest BCUT2D eigenvalue weighted by Crippen LogP contribution is -2.40. The predicted octanol–water partition coefficient (Wildman–Crippen LogP) is 3.34. The molecule has 1 fully saturated rings. The first-order chi connectivity index (χ1) is 8.02. The van der Waals surface area contributed by atoms with Crippen LogP contribution in [0.1, 0.15) is 51.5 Å².